The molecule has 3 heterocycles. The van der Waals surface area contributed by atoms with Crippen molar-refractivity contribution < 1.29 is 75.1 Å². The number of fused-ring (bicyclic) bond motifs is 2. The Kier molecular flexibility index (Phi) is 8.65. The van der Waals surface area contributed by atoms with E-state index in [2.05, 4.69) is 0 Å². The van der Waals surface area contributed by atoms with Crippen LogP contribution in [-0.2, 0) is 15.9 Å². The number of aliphatic hydroxyl groups excluding tert-OH is 4. The van der Waals surface area contributed by atoms with Gasteiger partial charge < -0.3 is 75.1 Å². The predicted octanol–water partition coefficient (Wildman–Crippen LogP) is 2.14. The number of benzene rings is 4. The van der Waals surface area contributed by atoms with E-state index in [0.717, 1.165) is 12.1 Å². The number of hydrogen-bond acceptors (Lipinski definition) is 15. The highest BCUT2D eigenvalue weighted by atomic mass is 16.7. The second-order valence-electron chi connectivity index (χ2n) is 13.0. The fraction of sp³-hybridized carbons (Fsp3) is 0.333. The highest BCUT2D eigenvalue weighted by Gasteiger charge is 2.51. The lowest BCUT2D eigenvalue weighted by Crippen LogP contribution is -2.58. The number of aromatic hydroxyl groups is 7. The molecule has 0 unspecified atom stereocenters. The van der Waals surface area contributed by atoms with E-state index in [4.69, 9.17) is 18.9 Å². The van der Waals surface area contributed by atoms with Crippen molar-refractivity contribution in [3.8, 4) is 51.7 Å². The van der Waals surface area contributed by atoms with Gasteiger partial charge in [-0.1, -0.05) is 18.2 Å². The van der Waals surface area contributed by atoms with Gasteiger partial charge in [0.25, 0.3) is 0 Å². The zero-order valence-corrected chi connectivity index (χ0v) is 26.8. The zero-order chi connectivity index (χ0) is 36.5. The minimum atomic E-state index is -1.80. The molecule has 0 aromatic heterocycles. The van der Waals surface area contributed by atoms with Gasteiger partial charge in [0.2, 0.25) is 0 Å². The molecule has 4 aromatic carbocycles. The maximum absolute atomic E-state index is 11.7. The van der Waals surface area contributed by atoms with E-state index >= 15 is 0 Å². The molecule has 0 spiro atoms. The Morgan fingerprint density at radius 3 is 2.00 bits per heavy atom. The summed E-state index contributed by atoms with van der Waals surface area (Å²) in [6.45, 7) is 1.45. The Hall–Kier alpha value is -5.16. The average Bonchev–Trinajstić information content (AvgIpc) is 3.08. The molecule has 10 atom stereocenters. The van der Waals surface area contributed by atoms with E-state index in [1.165, 1.54) is 55.5 Å². The summed E-state index contributed by atoms with van der Waals surface area (Å²) < 4.78 is 24.9. The maximum Gasteiger partial charge on any atom is 0.187 e. The van der Waals surface area contributed by atoms with Gasteiger partial charge in [-0.05, 0) is 42.3 Å². The first-order chi connectivity index (χ1) is 24.2. The second-order valence-corrected chi connectivity index (χ2v) is 13.0. The van der Waals surface area contributed by atoms with Crippen LogP contribution in [0.5, 0.6) is 51.7 Å². The van der Waals surface area contributed by atoms with Crippen LogP contribution in [0.1, 0.15) is 52.9 Å². The summed E-state index contributed by atoms with van der Waals surface area (Å²) in [4.78, 5) is 0. The molecule has 1 fully saturated rings. The molecule has 270 valence electrons. The molecule has 4 aromatic rings. The van der Waals surface area contributed by atoms with Crippen LogP contribution in [-0.4, -0.2) is 99.1 Å². The van der Waals surface area contributed by atoms with Crippen LogP contribution in [0.15, 0.2) is 60.7 Å². The largest absolute Gasteiger partial charge is 0.508 e. The Morgan fingerprint density at radius 1 is 0.608 bits per heavy atom. The van der Waals surface area contributed by atoms with E-state index in [1.54, 1.807) is 0 Å². The van der Waals surface area contributed by atoms with Crippen molar-refractivity contribution in [1.29, 1.82) is 0 Å². The highest BCUT2D eigenvalue weighted by molar-refractivity contribution is 5.66. The van der Waals surface area contributed by atoms with Gasteiger partial charge in [0.05, 0.1) is 18.1 Å². The molecular formula is C36H36O15. The molecule has 7 rings (SSSR count). The smallest absolute Gasteiger partial charge is 0.187 e. The van der Waals surface area contributed by atoms with E-state index in [1.807, 2.05) is 0 Å². The monoisotopic (exact) mass is 708 g/mol. The van der Waals surface area contributed by atoms with Crippen LogP contribution in [0.3, 0.4) is 0 Å². The first-order valence-electron chi connectivity index (χ1n) is 16.0. The van der Waals surface area contributed by atoms with Gasteiger partial charge in [-0.3, -0.25) is 0 Å². The van der Waals surface area contributed by atoms with Crippen LogP contribution in [0.25, 0.3) is 0 Å². The van der Waals surface area contributed by atoms with Gasteiger partial charge in [0.1, 0.15) is 70.8 Å². The summed E-state index contributed by atoms with van der Waals surface area (Å²) in [7, 11) is 0. The lowest BCUT2D eigenvalue weighted by atomic mass is 9.77. The van der Waals surface area contributed by atoms with Crippen molar-refractivity contribution in [2.24, 2.45) is 0 Å². The molecule has 0 amide bonds. The summed E-state index contributed by atoms with van der Waals surface area (Å²) in [5.74, 6) is -4.47. The third kappa shape index (κ3) is 5.93. The van der Waals surface area contributed by atoms with Gasteiger partial charge in [-0.15, -0.1) is 0 Å². The van der Waals surface area contributed by atoms with Crippen LogP contribution in [0.2, 0.25) is 0 Å². The SMILES string of the molecule is C[C@@H]1O[C@@H](O[C@H]2[C@H](c3c(O)cc(O)c4c3O[C@H](c3ccc(O)c(O)c3)[C@@H](O)C4)c3c(O)cc(O)cc3O[C@@H]2c2ccc(O)cc2)[C@H](O)[C@H](O)[C@H]1O. The Balaban J connectivity index is 1.45. The van der Waals surface area contributed by atoms with Crippen LogP contribution < -0.4 is 9.47 Å². The van der Waals surface area contributed by atoms with Gasteiger partial charge in [-0.2, -0.15) is 0 Å². The molecule has 15 nitrogen and oxygen atoms in total. The fourth-order valence-electron chi connectivity index (χ4n) is 7.06. The number of aliphatic hydroxyl groups is 4. The molecule has 0 bridgehead atoms. The molecule has 15 heteroatoms. The standard InChI is InChI=1S/C36H36O15/c1-13-29(45)30(46)31(47)36(48-13)51-35-28(26-22(42)9-17(38)10-25(26)49-33(35)14-2-5-16(37)6-3-14)27-23(43)12-20(40)18-11-24(44)32(50-34(18)27)15-4-7-19(39)21(41)8-15/h2-10,12-13,24,28-33,35-47H,11H2,1H3/t13-,24-,28-,29-,30+,31+,32+,33+,35-,36-/m0/s1. The van der Waals surface area contributed by atoms with E-state index in [9.17, 15) is 56.2 Å². The number of hydrogen-bond donors (Lipinski definition) is 11. The van der Waals surface area contributed by atoms with Gasteiger partial charge in [0.15, 0.2) is 23.9 Å². The number of phenolic OH excluding ortho intramolecular Hbond substituents is 7. The predicted molar refractivity (Wildman–Crippen MR) is 173 cm³/mol. The number of rotatable bonds is 5. The Morgan fingerprint density at radius 2 is 1.29 bits per heavy atom. The topological polar surface area (TPSA) is 259 Å². The van der Waals surface area contributed by atoms with E-state index in [-0.39, 0.29) is 51.7 Å². The fourth-order valence-corrected chi connectivity index (χ4v) is 7.06. The van der Waals surface area contributed by atoms with Crippen molar-refractivity contribution >= 4 is 0 Å². The zero-order valence-electron chi connectivity index (χ0n) is 26.8. The third-order valence-corrected chi connectivity index (χ3v) is 9.64. The molecule has 3 aliphatic rings. The van der Waals surface area contributed by atoms with Crippen LogP contribution >= 0.6 is 0 Å². The normalized spacial score (nSPS) is 30.1. The van der Waals surface area contributed by atoms with Crippen molar-refractivity contribution in [2.75, 3.05) is 0 Å². The Bertz CT molecular complexity index is 1950. The van der Waals surface area contributed by atoms with Crippen LogP contribution in [0.4, 0.5) is 0 Å². The maximum atomic E-state index is 11.7. The summed E-state index contributed by atoms with van der Waals surface area (Å²) in [6.07, 6.45) is -13.0. The molecule has 3 aliphatic heterocycles. The Labute approximate surface area is 289 Å². The van der Waals surface area contributed by atoms with Crippen LogP contribution in [0, 0.1) is 0 Å². The van der Waals surface area contributed by atoms with Gasteiger partial charge in [0, 0.05) is 41.3 Å². The number of phenols is 7. The lowest BCUT2D eigenvalue weighted by molar-refractivity contribution is -0.312. The molecule has 1 saturated heterocycles. The highest BCUT2D eigenvalue weighted by Crippen LogP contribution is 2.58. The molecule has 0 saturated carbocycles. The third-order valence-electron chi connectivity index (χ3n) is 9.64. The molecule has 11 N–H and O–H groups in total. The molecule has 0 radical (unpaired) electrons. The van der Waals surface area contributed by atoms with Crippen molar-refractivity contribution in [1.82, 2.24) is 0 Å². The first kappa shape index (κ1) is 34.3. The minimum absolute atomic E-state index is 0.0384. The van der Waals surface area contributed by atoms with E-state index in [0.29, 0.717) is 5.56 Å². The minimum Gasteiger partial charge on any atom is -0.508 e. The summed E-state index contributed by atoms with van der Waals surface area (Å²) >= 11 is 0. The van der Waals surface area contributed by atoms with Crippen molar-refractivity contribution in [2.45, 2.75) is 74.4 Å². The molecular weight excluding hydrogens is 672 g/mol. The van der Waals surface area contributed by atoms with Crippen molar-refractivity contribution in [3.05, 3.63) is 88.5 Å². The summed E-state index contributed by atoms with van der Waals surface area (Å²) in [6, 6.07) is 12.8. The summed E-state index contributed by atoms with van der Waals surface area (Å²) in [5.41, 5.74) is 0.523. The quantitative estimate of drug-likeness (QED) is 0.133. The second kappa shape index (κ2) is 12.9. The molecule has 51 heavy (non-hydrogen) atoms. The average molecular weight is 709 g/mol. The van der Waals surface area contributed by atoms with Gasteiger partial charge in [-0.25, -0.2) is 0 Å². The van der Waals surface area contributed by atoms with Gasteiger partial charge >= 0.3 is 0 Å². The number of ether oxygens (including phenoxy) is 4. The van der Waals surface area contributed by atoms with E-state index < -0.39 is 89.8 Å². The van der Waals surface area contributed by atoms with Crippen molar-refractivity contribution in [3.63, 3.8) is 0 Å². The molecule has 0 aliphatic carbocycles. The summed E-state index contributed by atoms with van der Waals surface area (Å²) in [5, 5.41) is 118. The first-order valence-corrected chi connectivity index (χ1v) is 16.0. The lowest BCUT2D eigenvalue weighted by Gasteiger charge is -2.45.